The number of aromatic nitrogens is 2. The maximum atomic E-state index is 5.36. The van der Waals surface area contributed by atoms with E-state index in [4.69, 9.17) is 9.47 Å². The largest absolute Gasteiger partial charge is 0.493 e. The van der Waals surface area contributed by atoms with Crippen LogP contribution in [-0.4, -0.2) is 35.2 Å². The van der Waals surface area contributed by atoms with Crippen LogP contribution in [0.5, 0.6) is 11.5 Å². The van der Waals surface area contributed by atoms with Gasteiger partial charge in [0.15, 0.2) is 11.5 Å². The minimum absolute atomic E-state index is 0.758. The number of benzene rings is 1. The highest BCUT2D eigenvalue weighted by Crippen LogP contribution is 2.28. The Morgan fingerprint density at radius 1 is 1.14 bits per heavy atom. The minimum Gasteiger partial charge on any atom is -0.493 e. The van der Waals surface area contributed by atoms with Gasteiger partial charge in [0, 0.05) is 26.0 Å². The van der Waals surface area contributed by atoms with Crippen LogP contribution in [0.1, 0.15) is 18.3 Å². The first kappa shape index (κ1) is 15.4. The van der Waals surface area contributed by atoms with E-state index in [2.05, 4.69) is 27.4 Å². The molecule has 0 bridgehead atoms. The Balaban J connectivity index is 2.09. The summed E-state index contributed by atoms with van der Waals surface area (Å²) in [5, 5.41) is 0. The van der Waals surface area contributed by atoms with E-state index in [9.17, 15) is 0 Å². The summed E-state index contributed by atoms with van der Waals surface area (Å²) in [6.45, 7) is 4.79. The van der Waals surface area contributed by atoms with Crippen molar-refractivity contribution in [1.29, 1.82) is 0 Å². The van der Waals surface area contributed by atoms with Crippen LogP contribution in [0.4, 0.5) is 0 Å². The summed E-state index contributed by atoms with van der Waals surface area (Å²) in [6, 6.07) is 6.05. The number of imidazole rings is 1. The maximum Gasteiger partial charge on any atom is 0.161 e. The molecule has 0 unspecified atom stereocenters. The number of aryl methyl sites for hydroxylation is 1. The van der Waals surface area contributed by atoms with Gasteiger partial charge < -0.3 is 14.0 Å². The molecule has 0 fully saturated rings. The van der Waals surface area contributed by atoms with Crippen LogP contribution in [0, 0.1) is 0 Å². The van der Waals surface area contributed by atoms with Gasteiger partial charge in [0.25, 0.3) is 0 Å². The molecule has 2 rings (SSSR count). The van der Waals surface area contributed by atoms with E-state index in [1.807, 2.05) is 31.6 Å². The van der Waals surface area contributed by atoms with Crippen LogP contribution in [0.25, 0.3) is 0 Å². The molecule has 1 heterocycles. The molecule has 0 saturated heterocycles. The normalized spacial score (nSPS) is 10.9. The van der Waals surface area contributed by atoms with E-state index in [1.54, 1.807) is 14.2 Å². The zero-order valence-corrected chi connectivity index (χ0v) is 13.2. The van der Waals surface area contributed by atoms with Crippen molar-refractivity contribution in [2.75, 3.05) is 20.8 Å². The summed E-state index contributed by atoms with van der Waals surface area (Å²) in [6.07, 6.45) is 3.80. The molecule has 1 aromatic carbocycles. The highest BCUT2D eigenvalue weighted by molar-refractivity contribution is 5.42. The van der Waals surface area contributed by atoms with E-state index < -0.39 is 0 Å². The molecule has 0 aliphatic heterocycles. The SMILES string of the molecule is CCN(Cc1ccc(OC)c(OC)c1)Cc1nccn1C. The number of ether oxygens (including phenoxy) is 2. The summed E-state index contributed by atoms with van der Waals surface area (Å²) in [5.41, 5.74) is 1.20. The van der Waals surface area contributed by atoms with E-state index in [-0.39, 0.29) is 0 Å². The standard InChI is InChI=1S/C16H23N3O2/c1-5-19(12-16-17-8-9-18(16)2)11-13-6-7-14(20-3)15(10-13)21-4/h6-10H,5,11-12H2,1-4H3. The van der Waals surface area contributed by atoms with Crippen molar-refractivity contribution in [3.05, 3.63) is 42.0 Å². The lowest BCUT2D eigenvalue weighted by Gasteiger charge is -2.20. The van der Waals surface area contributed by atoms with Crippen molar-refractivity contribution in [3.63, 3.8) is 0 Å². The van der Waals surface area contributed by atoms with E-state index in [1.165, 1.54) is 5.56 Å². The van der Waals surface area contributed by atoms with Crippen LogP contribution in [0.15, 0.2) is 30.6 Å². The van der Waals surface area contributed by atoms with E-state index in [0.717, 1.165) is 37.0 Å². The van der Waals surface area contributed by atoms with Crippen molar-refractivity contribution in [2.24, 2.45) is 7.05 Å². The van der Waals surface area contributed by atoms with Gasteiger partial charge in [-0.05, 0) is 24.2 Å². The van der Waals surface area contributed by atoms with Gasteiger partial charge in [-0.3, -0.25) is 4.90 Å². The Morgan fingerprint density at radius 3 is 2.48 bits per heavy atom. The quantitative estimate of drug-likeness (QED) is 0.785. The van der Waals surface area contributed by atoms with E-state index in [0.29, 0.717) is 0 Å². The Bertz CT molecular complexity index is 581. The molecule has 2 aromatic rings. The molecular weight excluding hydrogens is 266 g/mol. The van der Waals surface area contributed by atoms with Gasteiger partial charge in [-0.2, -0.15) is 0 Å². The molecule has 0 aliphatic rings. The van der Waals surface area contributed by atoms with Crippen LogP contribution in [0.3, 0.4) is 0 Å². The average Bonchev–Trinajstić information content (AvgIpc) is 2.91. The number of methoxy groups -OCH3 is 2. The molecule has 0 atom stereocenters. The first-order chi connectivity index (χ1) is 10.2. The van der Waals surface area contributed by atoms with Crippen LogP contribution in [0.2, 0.25) is 0 Å². The predicted octanol–water partition coefficient (Wildman–Crippen LogP) is 2.46. The second-order valence-electron chi connectivity index (χ2n) is 4.95. The Hall–Kier alpha value is -2.01. The van der Waals surface area contributed by atoms with Crippen molar-refractivity contribution in [3.8, 4) is 11.5 Å². The zero-order valence-electron chi connectivity index (χ0n) is 13.2. The van der Waals surface area contributed by atoms with Crippen molar-refractivity contribution < 1.29 is 9.47 Å². The molecule has 0 N–H and O–H groups in total. The minimum atomic E-state index is 0.758. The fourth-order valence-corrected chi connectivity index (χ4v) is 2.27. The summed E-state index contributed by atoms with van der Waals surface area (Å²) in [4.78, 5) is 6.72. The monoisotopic (exact) mass is 289 g/mol. The van der Waals surface area contributed by atoms with Crippen molar-refractivity contribution in [2.45, 2.75) is 20.0 Å². The third kappa shape index (κ3) is 3.76. The lowest BCUT2D eigenvalue weighted by Crippen LogP contribution is -2.24. The molecule has 0 saturated carbocycles. The molecule has 0 spiro atoms. The van der Waals surface area contributed by atoms with E-state index >= 15 is 0 Å². The fraction of sp³-hybridized carbons (Fsp3) is 0.438. The predicted molar refractivity (Wildman–Crippen MR) is 82.5 cm³/mol. The van der Waals surface area contributed by atoms with Gasteiger partial charge in [-0.25, -0.2) is 4.98 Å². The van der Waals surface area contributed by atoms with Gasteiger partial charge in [0.1, 0.15) is 5.82 Å². The van der Waals surface area contributed by atoms with Crippen LogP contribution in [-0.2, 0) is 20.1 Å². The first-order valence-electron chi connectivity index (χ1n) is 7.07. The Labute approximate surface area is 126 Å². The molecule has 21 heavy (non-hydrogen) atoms. The average molecular weight is 289 g/mol. The smallest absolute Gasteiger partial charge is 0.161 e. The molecule has 5 heteroatoms. The molecule has 0 radical (unpaired) electrons. The summed E-state index contributed by atoms with van der Waals surface area (Å²) >= 11 is 0. The van der Waals surface area contributed by atoms with Crippen LogP contribution < -0.4 is 9.47 Å². The molecule has 1 aromatic heterocycles. The lowest BCUT2D eigenvalue weighted by molar-refractivity contribution is 0.261. The third-order valence-electron chi connectivity index (χ3n) is 3.59. The summed E-state index contributed by atoms with van der Waals surface area (Å²) < 4.78 is 12.7. The number of hydrogen-bond acceptors (Lipinski definition) is 4. The van der Waals surface area contributed by atoms with Gasteiger partial charge in [0.05, 0.1) is 20.8 Å². The van der Waals surface area contributed by atoms with Gasteiger partial charge in [0.2, 0.25) is 0 Å². The third-order valence-corrected chi connectivity index (χ3v) is 3.59. The molecule has 114 valence electrons. The van der Waals surface area contributed by atoms with Gasteiger partial charge >= 0.3 is 0 Å². The zero-order chi connectivity index (χ0) is 15.2. The molecule has 0 amide bonds. The first-order valence-corrected chi connectivity index (χ1v) is 7.07. The fourth-order valence-electron chi connectivity index (χ4n) is 2.27. The Kier molecular flexibility index (Phi) is 5.22. The van der Waals surface area contributed by atoms with Gasteiger partial charge in [-0.1, -0.05) is 13.0 Å². The molecular formula is C16H23N3O2. The van der Waals surface area contributed by atoms with Gasteiger partial charge in [-0.15, -0.1) is 0 Å². The number of hydrogen-bond donors (Lipinski definition) is 0. The highest BCUT2D eigenvalue weighted by Gasteiger charge is 2.10. The van der Waals surface area contributed by atoms with Crippen LogP contribution >= 0.6 is 0 Å². The Morgan fingerprint density at radius 2 is 1.90 bits per heavy atom. The second-order valence-corrected chi connectivity index (χ2v) is 4.95. The topological polar surface area (TPSA) is 39.5 Å². The van der Waals surface area contributed by atoms with Crippen molar-refractivity contribution in [1.82, 2.24) is 14.5 Å². The summed E-state index contributed by atoms with van der Waals surface area (Å²) in [5.74, 6) is 2.59. The second kappa shape index (κ2) is 7.13. The number of rotatable bonds is 7. The molecule has 5 nitrogen and oxygen atoms in total. The number of nitrogens with zero attached hydrogens (tertiary/aromatic N) is 3. The summed E-state index contributed by atoms with van der Waals surface area (Å²) in [7, 11) is 5.33. The van der Waals surface area contributed by atoms with Crippen molar-refractivity contribution >= 4 is 0 Å². The lowest BCUT2D eigenvalue weighted by atomic mass is 10.2. The highest BCUT2D eigenvalue weighted by atomic mass is 16.5. The maximum absolute atomic E-state index is 5.36. The molecule has 0 aliphatic carbocycles.